The van der Waals surface area contributed by atoms with Gasteiger partial charge in [-0.25, -0.2) is 0 Å². The van der Waals surface area contributed by atoms with Gasteiger partial charge in [0.2, 0.25) is 0 Å². The van der Waals surface area contributed by atoms with Gasteiger partial charge in [-0.2, -0.15) is 0 Å². The number of hydrogen-bond donors (Lipinski definition) is 5. The van der Waals surface area contributed by atoms with Crippen LogP contribution in [0.15, 0.2) is 0 Å². The van der Waals surface area contributed by atoms with Gasteiger partial charge in [0.15, 0.2) is 6.29 Å². The molecule has 118 valence electrons. The van der Waals surface area contributed by atoms with E-state index in [9.17, 15) is 20.4 Å². The molecule has 20 heavy (non-hydrogen) atoms. The topological polar surface area (TPSA) is 129 Å². The zero-order valence-corrected chi connectivity index (χ0v) is 11.2. The maximum atomic E-state index is 9.95. The molecular weight excluding hydrogens is 272 g/mol. The summed E-state index contributed by atoms with van der Waals surface area (Å²) in [5, 5.41) is 48.2. The molecule has 2 heterocycles. The van der Waals surface area contributed by atoms with E-state index in [1.807, 2.05) is 0 Å². The Morgan fingerprint density at radius 1 is 1.05 bits per heavy atom. The van der Waals surface area contributed by atoms with Gasteiger partial charge in [-0.15, -0.1) is 0 Å². The average Bonchev–Trinajstić information content (AvgIpc) is 2.44. The number of aliphatic hydroxyl groups excluding tert-OH is 5. The van der Waals surface area contributed by atoms with E-state index in [4.69, 9.17) is 19.3 Å². The van der Waals surface area contributed by atoms with Crippen LogP contribution in [-0.4, -0.2) is 87.8 Å². The predicted octanol–water partition coefficient (Wildman–Crippen LogP) is -2.66. The summed E-state index contributed by atoms with van der Waals surface area (Å²) >= 11 is 0. The van der Waals surface area contributed by atoms with Crippen LogP contribution in [0.3, 0.4) is 0 Å². The molecule has 0 amide bonds. The Morgan fingerprint density at radius 2 is 1.75 bits per heavy atom. The van der Waals surface area contributed by atoms with E-state index in [1.54, 1.807) is 6.92 Å². The normalized spacial score (nSPS) is 50.1. The fourth-order valence-electron chi connectivity index (χ4n) is 2.44. The third-order valence-corrected chi connectivity index (χ3v) is 3.80. The van der Waals surface area contributed by atoms with Crippen molar-refractivity contribution in [2.75, 3.05) is 13.2 Å². The van der Waals surface area contributed by atoms with Crippen LogP contribution >= 0.6 is 0 Å². The van der Waals surface area contributed by atoms with Gasteiger partial charge in [0.25, 0.3) is 0 Å². The molecule has 5 N–H and O–H groups in total. The molecule has 8 nitrogen and oxygen atoms in total. The lowest BCUT2D eigenvalue weighted by molar-refractivity contribution is -0.324. The lowest BCUT2D eigenvalue weighted by Gasteiger charge is -2.42. The summed E-state index contributed by atoms with van der Waals surface area (Å²) in [6.45, 7) is 1.59. The van der Waals surface area contributed by atoms with E-state index in [1.165, 1.54) is 0 Å². The molecule has 0 aromatic carbocycles. The molecule has 2 saturated heterocycles. The van der Waals surface area contributed by atoms with E-state index < -0.39 is 55.6 Å². The fraction of sp³-hybridized carbons (Fsp3) is 1.00. The summed E-state index contributed by atoms with van der Waals surface area (Å²) in [5.74, 6) is 0. The van der Waals surface area contributed by atoms with Gasteiger partial charge in [-0.1, -0.05) is 0 Å². The van der Waals surface area contributed by atoms with Gasteiger partial charge < -0.3 is 39.7 Å². The highest BCUT2D eigenvalue weighted by Gasteiger charge is 2.46. The highest BCUT2D eigenvalue weighted by molar-refractivity contribution is 4.90. The minimum absolute atomic E-state index is 0.403. The Hall–Kier alpha value is -0.320. The van der Waals surface area contributed by atoms with Gasteiger partial charge in [0, 0.05) is 6.61 Å². The van der Waals surface area contributed by atoms with Crippen molar-refractivity contribution in [3.63, 3.8) is 0 Å². The van der Waals surface area contributed by atoms with Crippen molar-refractivity contribution in [1.29, 1.82) is 0 Å². The van der Waals surface area contributed by atoms with Crippen molar-refractivity contribution in [3.8, 4) is 0 Å². The van der Waals surface area contributed by atoms with E-state index in [0.717, 1.165) is 0 Å². The maximum Gasteiger partial charge on any atom is 0.187 e. The number of hydrogen-bond acceptors (Lipinski definition) is 8. The van der Waals surface area contributed by atoms with Gasteiger partial charge in [-0.3, -0.25) is 0 Å². The van der Waals surface area contributed by atoms with E-state index in [0.29, 0.717) is 13.0 Å². The molecule has 2 aliphatic rings. The molecular formula is C12H22O8. The first kappa shape index (κ1) is 16.1. The Morgan fingerprint density at radius 3 is 2.40 bits per heavy atom. The average molecular weight is 294 g/mol. The first-order valence-electron chi connectivity index (χ1n) is 6.71. The van der Waals surface area contributed by atoms with E-state index in [2.05, 4.69) is 0 Å². The third kappa shape index (κ3) is 3.12. The molecule has 0 aromatic rings. The van der Waals surface area contributed by atoms with E-state index >= 15 is 0 Å². The third-order valence-electron chi connectivity index (χ3n) is 3.80. The second kappa shape index (κ2) is 6.63. The van der Waals surface area contributed by atoms with Crippen molar-refractivity contribution in [3.05, 3.63) is 0 Å². The molecule has 0 aliphatic carbocycles. The van der Waals surface area contributed by atoms with Crippen LogP contribution in [0.5, 0.6) is 0 Å². The highest BCUT2D eigenvalue weighted by Crippen LogP contribution is 2.26. The lowest BCUT2D eigenvalue weighted by Crippen LogP contribution is -2.60. The van der Waals surface area contributed by atoms with Crippen LogP contribution in [-0.2, 0) is 14.2 Å². The summed E-state index contributed by atoms with van der Waals surface area (Å²) in [4.78, 5) is 0. The number of ether oxygens (including phenoxy) is 3. The molecule has 0 saturated carbocycles. The molecule has 2 rings (SSSR count). The monoisotopic (exact) mass is 294 g/mol. The van der Waals surface area contributed by atoms with Crippen LogP contribution < -0.4 is 0 Å². The van der Waals surface area contributed by atoms with Crippen LogP contribution in [0, 0.1) is 0 Å². The first-order valence-corrected chi connectivity index (χ1v) is 6.71. The summed E-state index contributed by atoms with van der Waals surface area (Å²) < 4.78 is 16.0. The van der Waals surface area contributed by atoms with Crippen molar-refractivity contribution >= 4 is 0 Å². The zero-order chi connectivity index (χ0) is 14.9. The van der Waals surface area contributed by atoms with Gasteiger partial charge in [0.1, 0.15) is 30.5 Å². The van der Waals surface area contributed by atoms with Crippen LogP contribution in [0.25, 0.3) is 0 Å². The molecule has 0 spiro atoms. The molecule has 8 unspecified atom stereocenters. The summed E-state index contributed by atoms with van der Waals surface area (Å²) in [7, 11) is 0. The maximum absolute atomic E-state index is 9.95. The van der Waals surface area contributed by atoms with Crippen molar-refractivity contribution in [1.82, 2.24) is 0 Å². The van der Waals surface area contributed by atoms with Crippen LogP contribution in [0.2, 0.25) is 0 Å². The SMILES string of the molecule is CC1OCCC(OC2OC(CO)C(O)C(O)C2O)C1O. The second-order valence-corrected chi connectivity index (χ2v) is 5.23. The molecule has 8 atom stereocenters. The summed E-state index contributed by atoms with van der Waals surface area (Å²) in [6.07, 6.45) is -8.09. The number of aliphatic hydroxyl groups is 5. The smallest absolute Gasteiger partial charge is 0.187 e. The number of rotatable bonds is 3. The predicted molar refractivity (Wildman–Crippen MR) is 64.7 cm³/mol. The minimum atomic E-state index is -1.49. The van der Waals surface area contributed by atoms with Crippen molar-refractivity contribution < 1.29 is 39.7 Å². The molecule has 0 radical (unpaired) electrons. The first-order chi connectivity index (χ1) is 9.45. The Kier molecular flexibility index (Phi) is 5.32. The van der Waals surface area contributed by atoms with Crippen molar-refractivity contribution in [2.24, 2.45) is 0 Å². The highest BCUT2D eigenvalue weighted by atomic mass is 16.7. The standard InChI is InChI=1S/C12H22O8/c1-5-8(14)6(2-3-18-5)19-12-11(17)10(16)9(15)7(4-13)20-12/h5-17H,2-4H2,1H3. The minimum Gasteiger partial charge on any atom is -0.394 e. The molecule has 2 aliphatic heterocycles. The molecule has 0 bridgehead atoms. The zero-order valence-electron chi connectivity index (χ0n) is 11.2. The van der Waals surface area contributed by atoms with Gasteiger partial charge in [-0.05, 0) is 13.3 Å². The second-order valence-electron chi connectivity index (χ2n) is 5.23. The molecule has 8 heteroatoms. The lowest BCUT2D eigenvalue weighted by atomic mass is 9.98. The Labute approximate surface area is 116 Å². The molecule has 2 fully saturated rings. The van der Waals surface area contributed by atoms with Crippen LogP contribution in [0.4, 0.5) is 0 Å². The fourth-order valence-corrected chi connectivity index (χ4v) is 2.44. The quantitative estimate of drug-likeness (QED) is 0.381. The summed E-state index contributed by atoms with van der Waals surface area (Å²) in [5.41, 5.74) is 0. The Balaban J connectivity index is 2.00. The largest absolute Gasteiger partial charge is 0.394 e. The summed E-state index contributed by atoms with van der Waals surface area (Å²) in [6, 6.07) is 0. The Bertz CT molecular complexity index is 312. The van der Waals surface area contributed by atoms with E-state index in [-0.39, 0.29) is 0 Å². The van der Waals surface area contributed by atoms with Crippen molar-refractivity contribution in [2.45, 2.75) is 62.4 Å². The van der Waals surface area contributed by atoms with Gasteiger partial charge >= 0.3 is 0 Å². The molecule has 0 aromatic heterocycles. The van der Waals surface area contributed by atoms with Crippen LogP contribution in [0.1, 0.15) is 13.3 Å². The van der Waals surface area contributed by atoms with Gasteiger partial charge in [0.05, 0.1) is 18.8 Å².